The Bertz CT molecular complexity index is 623. The average Bonchev–Trinajstić information content (AvgIpc) is 2.93. The molecule has 1 aliphatic rings. The van der Waals surface area contributed by atoms with Gasteiger partial charge in [0.2, 0.25) is 11.7 Å². The summed E-state index contributed by atoms with van der Waals surface area (Å²) in [5.74, 6) is 1.30. The van der Waals surface area contributed by atoms with Gasteiger partial charge in [-0.3, -0.25) is 0 Å². The molecule has 2 heterocycles. The van der Waals surface area contributed by atoms with Gasteiger partial charge in [0.15, 0.2) is 0 Å². The summed E-state index contributed by atoms with van der Waals surface area (Å²) in [7, 11) is 0. The number of nitrogens with one attached hydrogen (secondary N) is 1. The molecule has 2 aromatic rings. The molecule has 3 rings (SSSR count). The minimum Gasteiger partial charge on any atom is -0.338 e. The first-order chi connectivity index (χ1) is 9.58. The van der Waals surface area contributed by atoms with Crippen LogP contribution >= 0.6 is 27.5 Å². The zero-order valence-electron chi connectivity index (χ0n) is 11.1. The minimum absolute atomic E-state index is 0.0762. The topological polar surface area (TPSA) is 51.0 Å². The lowest BCUT2D eigenvalue weighted by molar-refractivity contribution is 0.245. The number of rotatable bonds is 2. The summed E-state index contributed by atoms with van der Waals surface area (Å²) in [6.45, 7) is 4.09. The van der Waals surface area contributed by atoms with Gasteiger partial charge >= 0.3 is 0 Å². The lowest BCUT2D eigenvalue weighted by Gasteiger charge is -2.30. The number of benzene rings is 1. The zero-order valence-corrected chi connectivity index (χ0v) is 13.5. The maximum absolute atomic E-state index is 6.00. The van der Waals surface area contributed by atoms with Crippen molar-refractivity contribution in [2.45, 2.75) is 25.2 Å². The smallest absolute Gasteiger partial charge is 0.234 e. The second-order valence-electron chi connectivity index (χ2n) is 5.39. The number of hydrogen-bond acceptors (Lipinski definition) is 4. The van der Waals surface area contributed by atoms with Crippen molar-refractivity contribution in [3.8, 4) is 11.4 Å². The largest absolute Gasteiger partial charge is 0.338 e. The molecular formula is C14H15BrClN3O. The SMILES string of the molecule is CC1(c2nc(-c3ccc(Cl)c(Br)c3)no2)CCCNC1. The van der Waals surface area contributed by atoms with Crippen molar-refractivity contribution in [2.75, 3.05) is 13.1 Å². The maximum atomic E-state index is 6.00. The average molecular weight is 357 g/mol. The van der Waals surface area contributed by atoms with Gasteiger partial charge in [0.05, 0.1) is 10.4 Å². The van der Waals surface area contributed by atoms with Gasteiger partial charge in [-0.1, -0.05) is 16.8 Å². The Balaban J connectivity index is 1.91. The Labute approximate surface area is 131 Å². The highest BCUT2D eigenvalue weighted by atomic mass is 79.9. The normalized spacial score (nSPS) is 22.9. The van der Waals surface area contributed by atoms with Crippen LogP contribution in [0.5, 0.6) is 0 Å². The van der Waals surface area contributed by atoms with Gasteiger partial charge in [-0.15, -0.1) is 0 Å². The molecular weight excluding hydrogens is 342 g/mol. The van der Waals surface area contributed by atoms with E-state index in [0.717, 1.165) is 36.0 Å². The number of aromatic nitrogens is 2. The van der Waals surface area contributed by atoms with Crippen LogP contribution in [-0.2, 0) is 5.41 Å². The molecule has 0 amide bonds. The quantitative estimate of drug-likeness (QED) is 0.889. The van der Waals surface area contributed by atoms with Crippen molar-refractivity contribution >= 4 is 27.5 Å². The van der Waals surface area contributed by atoms with Crippen molar-refractivity contribution in [3.05, 3.63) is 33.6 Å². The fourth-order valence-corrected chi connectivity index (χ4v) is 2.96. The van der Waals surface area contributed by atoms with Crippen molar-refractivity contribution in [3.63, 3.8) is 0 Å². The summed E-state index contributed by atoms with van der Waals surface area (Å²) in [5, 5.41) is 8.15. The van der Waals surface area contributed by atoms with Gasteiger partial charge in [0, 0.05) is 16.6 Å². The number of nitrogens with zero attached hydrogens (tertiary/aromatic N) is 2. The highest BCUT2D eigenvalue weighted by Gasteiger charge is 2.34. The molecule has 0 spiro atoms. The molecule has 1 N–H and O–H groups in total. The highest BCUT2D eigenvalue weighted by Crippen LogP contribution is 2.32. The van der Waals surface area contributed by atoms with E-state index in [-0.39, 0.29) is 5.41 Å². The monoisotopic (exact) mass is 355 g/mol. The summed E-state index contributed by atoms with van der Waals surface area (Å²) in [5.41, 5.74) is 0.816. The van der Waals surface area contributed by atoms with Crippen LogP contribution in [0, 0.1) is 0 Å². The Morgan fingerprint density at radius 2 is 2.30 bits per heavy atom. The molecule has 0 aliphatic carbocycles. The summed E-state index contributed by atoms with van der Waals surface area (Å²) < 4.78 is 6.31. The van der Waals surface area contributed by atoms with Crippen LogP contribution < -0.4 is 5.32 Å². The first-order valence-corrected chi connectivity index (χ1v) is 7.76. The minimum atomic E-state index is -0.0762. The number of hydrogen-bond donors (Lipinski definition) is 1. The third-order valence-electron chi connectivity index (χ3n) is 3.72. The summed E-state index contributed by atoms with van der Waals surface area (Å²) in [6, 6.07) is 5.61. The van der Waals surface area contributed by atoms with Gasteiger partial charge in [0.1, 0.15) is 0 Å². The molecule has 1 fully saturated rings. The molecule has 1 saturated heterocycles. The predicted octanol–water partition coefficient (Wildman–Crippen LogP) is 3.79. The van der Waals surface area contributed by atoms with Crippen molar-refractivity contribution in [1.29, 1.82) is 0 Å². The summed E-state index contributed by atoms with van der Waals surface area (Å²) >= 11 is 9.41. The molecule has 6 heteroatoms. The molecule has 1 atom stereocenters. The van der Waals surface area contributed by atoms with Crippen LogP contribution in [0.25, 0.3) is 11.4 Å². The molecule has 106 valence electrons. The van der Waals surface area contributed by atoms with Crippen LogP contribution in [0.1, 0.15) is 25.7 Å². The van der Waals surface area contributed by atoms with E-state index >= 15 is 0 Å². The van der Waals surface area contributed by atoms with E-state index in [1.807, 2.05) is 18.2 Å². The molecule has 0 radical (unpaired) electrons. The van der Waals surface area contributed by atoms with Gasteiger partial charge in [-0.25, -0.2) is 0 Å². The predicted molar refractivity (Wildman–Crippen MR) is 81.9 cm³/mol. The second kappa shape index (κ2) is 5.47. The highest BCUT2D eigenvalue weighted by molar-refractivity contribution is 9.10. The van der Waals surface area contributed by atoms with Gasteiger partial charge in [0.25, 0.3) is 0 Å². The van der Waals surface area contributed by atoms with E-state index in [9.17, 15) is 0 Å². The van der Waals surface area contributed by atoms with Crippen molar-refractivity contribution < 1.29 is 4.52 Å². The molecule has 0 bridgehead atoms. The van der Waals surface area contributed by atoms with Crippen molar-refractivity contribution in [2.24, 2.45) is 0 Å². The molecule has 0 saturated carbocycles. The summed E-state index contributed by atoms with van der Waals surface area (Å²) in [6.07, 6.45) is 2.19. The van der Waals surface area contributed by atoms with Crippen LogP contribution in [0.3, 0.4) is 0 Å². The molecule has 4 nitrogen and oxygen atoms in total. The standard InChI is InChI=1S/C14H15BrClN3O/c1-14(5-2-6-17-8-14)13-18-12(19-20-13)9-3-4-11(16)10(15)7-9/h3-4,7,17H,2,5-6,8H2,1H3. The number of halogens is 2. The molecule has 1 aromatic carbocycles. The molecule has 1 aromatic heterocycles. The van der Waals surface area contributed by atoms with E-state index in [2.05, 4.69) is 38.3 Å². The van der Waals surface area contributed by atoms with Crippen LogP contribution in [0.4, 0.5) is 0 Å². The first kappa shape index (κ1) is 14.0. The third kappa shape index (κ3) is 2.62. The van der Waals surface area contributed by atoms with Crippen molar-refractivity contribution in [1.82, 2.24) is 15.5 Å². The van der Waals surface area contributed by atoms with Gasteiger partial charge in [-0.05, 0) is 60.4 Å². The van der Waals surface area contributed by atoms with Gasteiger partial charge < -0.3 is 9.84 Å². The number of piperidine rings is 1. The lowest BCUT2D eigenvalue weighted by atomic mass is 9.83. The third-order valence-corrected chi connectivity index (χ3v) is 4.93. The molecule has 1 aliphatic heterocycles. The fourth-order valence-electron chi connectivity index (χ4n) is 2.46. The van der Waals surface area contributed by atoms with E-state index in [1.54, 1.807) is 0 Å². The maximum Gasteiger partial charge on any atom is 0.234 e. The van der Waals surface area contributed by atoms with Crippen LogP contribution in [0.2, 0.25) is 5.02 Å². The summed E-state index contributed by atoms with van der Waals surface area (Å²) in [4.78, 5) is 4.57. The van der Waals surface area contributed by atoms with E-state index in [4.69, 9.17) is 16.1 Å². The molecule has 20 heavy (non-hydrogen) atoms. The zero-order chi connectivity index (χ0) is 14.2. The van der Waals surface area contributed by atoms with Crippen LogP contribution in [0.15, 0.2) is 27.2 Å². The Kier molecular flexibility index (Phi) is 3.84. The lowest BCUT2D eigenvalue weighted by Crippen LogP contribution is -2.41. The Hall–Kier alpha value is -0.910. The fraction of sp³-hybridized carbons (Fsp3) is 0.429. The van der Waals surface area contributed by atoms with E-state index < -0.39 is 0 Å². The second-order valence-corrected chi connectivity index (χ2v) is 6.65. The Morgan fingerprint density at radius 3 is 3.00 bits per heavy atom. The van der Waals surface area contributed by atoms with E-state index in [0.29, 0.717) is 16.7 Å². The van der Waals surface area contributed by atoms with E-state index in [1.165, 1.54) is 0 Å². The Morgan fingerprint density at radius 1 is 1.45 bits per heavy atom. The van der Waals surface area contributed by atoms with Crippen LogP contribution in [-0.4, -0.2) is 23.2 Å². The molecule has 1 unspecified atom stereocenters. The first-order valence-electron chi connectivity index (χ1n) is 6.59. The van der Waals surface area contributed by atoms with Gasteiger partial charge in [-0.2, -0.15) is 4.98 Å².